The molecule has 0 saturated heterocycles. The van der Waals surface area contributed by atoms with Crippen LogP contribution < -0.4 is 5.32 Å². The summed E-state index contributed by atoms with van der Waals surface area (Å²) >= 11 is 0. The van der Waals surface area contributed by atoms with Gasteiger partial charge in [-0.05, 0) is 32.4 Å². The van der Waals surface area contributed by atoms with Crippen LogP contribution in [0.4, 0.5) is 0 Å². The van der Waals surface area contributed by atoms with E-state index in [4.69, 9.17) is 4.52 Å². The molecule has 0 unspecified atom stereocenters. The molecule has 1 aliphatic carbocycles. The first kappa shape index (κ1) is 18.6. The summed E-state index contributed by atoms with van der Waals surface area (Å²) in [4.78, 5) is 14.4. The molecule has 1 fully saturated rings. The first-order chi connectivity index (χ1) is 12.6. The van der Waals surface area contributed by atoms with Gasteiger partial charge < -0.3 is 9.84 Å². The first-order valence-corrected chi connectivity index (χ1v) is 9.50. The Morgan fingerprint density at radius 3 is 2.62 bits per heavy atom. The number of hydrogen-bond donors (Lipinski definition) is 1. The molecule has 5 heteroatoms. The molecule has 1 amide bonds. The highest BCUT2D eigenvalue weighted by Crippen LogP contribution is 2.38. The second-order valence-electron chi connectivity index (χ2n) is 7.58. The summed E-state index contributed by atoms with van der Waals surface area (Å²) in [5, 5.41) is 7.17. The highest BCUT2D eigenvalue weighted by Gasteiger charge is 2.34. The molecular weight excluding hydrogens is 326 g/mol. The normalized spacial score (nSPS) is 16.6. The van der Waals surface area contributed by atoms with Gasteiger partial charge in [0.25, 0.3) is 0 Å². The van der Waals surface area contributed by atoms with Crippen LogP contribution in [0.5, 0.6) is 0 Å². The van der Waals surface area contributed by atoms with Crippen molar-refractivity contribution in [2.24, 2.45) is 0 Å². The number of hydrogen-bond acceptors (Lipinski definition) is 4. The molecule has 0 radical (unpaired) electrons. The topological polar surface area (TPSA) is 58.4 Å². The van der Waals surface area contributed by atoms with Crippen molar-refractivity contribution in [2.45, 2.75) is 51.0 Å². The number of carbonyl (C=O) groups is 1. The van der Waals surface area contributed by atoms with Crippen LogP contribution in [0, 0.1) is 6.92 Å². The minimum Gasteiger partial charge on any atom is -0.361 e. The molecule has 1 saturated carbocycles. The average Bonchev–Trinajstić information content (AvgIpc) is 3.06. The van der Waals surface area contributed by atoms with E-state index in [1.807, 2.05) is 24.9 Å². The van der Waals surface area contributed by atoms with Crippen LogP contribution in [0.1, 0.15) is 49.1 Å². The van der Waals surface area contributed by atoms with E-state index in [1.54, 1.807) is 0 Å². The molecular formula is C21H29N3O2. The monoisotopic (exact) mass is 355 g/mol. The second kappa shape index (κ2) is 8.49. The van der Waals surface area contributed by atoms with E-state index in [2.05, 4.69) is 40.8 Å². The standard InChI is InChI=1S/C21H29N3O2/c1-17-13-19(23-26-17)14-24(2)15-20(25)22-16-21(11-7-4-8-12-21)18-9-5-3-6-10-18/h3,5-6,9-10,13H,4,7-8,11-12,14-16H2,1-2H3,(H,22,25). The minimum absolute atomic E-state index is 0.0635. The lowest BCUT2D eigenvalue weighted by Gasteiger charge is -2.38. The lowest BCUT2D eigenvalue weighted by molar-refractivity contribution is -0.122. The third-order valence-electron chi connectivity index (χ3n) is 5.34. The smallest absolute Gasteiger partial charge is 0.234 e. The Labute approximate surface area is 155 Å². The number of nitrogens with zero attached hydrogens (tertiary/aromatic N) is 2. The van der Waals surface area contributed by atoms with Gasteiger partial charge in [0.2, 0.25) is 5.91 Å². The van der Waals surface area contributed by atoms with Gasteiger partial charge in [-0.25, -0.2) is 0 Å². The van der Waals surface area contributed by atoms with Crippen LogP contribution in [0.15, 0.2) is 40.9 Å². The van der Waals surface area contributed by atoms with Crippen LogP contribution in [-0.4, -0.2) is 36.1 Å². The SMILES string of the molecule is Cc1cc(CN(C)CC(=O)NCC2(c3ccccc3)CCCCC2)no1. The van der Waals surface area contributed by atoms with Crippen LogP contribution in [-0.2, 0) is 16.8 Å². The highest BCUT2D eigenvalue weighted by atomic mass is 16.5. The molecule has 2 aromatic rings. The number of benzene rings is 1. The number of amides is 1. The Kier molecular flexibility index (Phi) is 6.09. The largest absolute Gasteiger partial charge is 0.361 e. The van der Waals surface area contributed by atoms with Gasteiger partial charge in [-0.1, -0.05) is 54.8 Å². The van der Waals surface area contributed by atoms with Crippen LogP contribution in [0.2, 0.25) is 0 Å². The molecule has 1 aliphatic rings. The van der Waals surface area contributed by atoms with Crippen LogP contribution in [0.3, 0.4) is 0 Å². The van der Waals surface area contributed by atoms with Gasteiger partial charge in [0.1, 0.15) is 5.76 Å². The second-order valence-corrected chi connectivity index (χ2v) is 7.58. The van der Waals surface area contributed by atoms with E-state index < -0.39 is 0 Å². The van der Waals surface area contributed by atoms with Crippen molar-refractivity contribution in [2.75, 3.05) is 20.1 Å². The van der Waals surface area contributed by atoms with Gasteiger partial charge in [0, 0.05) is 24.6 Å². The number of aryl methyl sites for hydroxylation is 1. The number of carbonyl (C=O) groups excluding carboxylic acids is 1. The van der Waals surface area contributed by atoms with Crippen molar-refractivity contribution in [3.05, 3.63) is 53.4 Å². The quantitative estimate of drug-likeness (QED) is 0.827. The Bertz CT molecular complexity index is 705. The molecule has 140 valence electrons. The molecule has 5 nitrogen and oxygen atoms in total. The van der Waals surface area contributed by atoms with Crippen molar-refractivity contribution in [3.8, 4) is 0 Å². The van der Waals surface area contributed by atoms with Gasteiger partial charge in [-0.3, -0.25) is 9.69 Å². The zero-order chi connectivity index (χ0) is 18.4. The molecule has 1 aromatic carbocycles. The minimum atomic E-state index is 0.0635. The van der Waals surface area contributed by atoms with E-state index in [1.165, 1.54) is 24.8 Å². The van der Waals surface area contributed by atoms with Crippen molar-refractivity contribution in [1.29, 1.82) is 0 Å². The lowest BCUT2D eigenvalue weighted by atomic mass is 9.69. The summed E-state index contributed by atoms with van der Waals surface area (Å²) in [6.07, 6.45) is 6.05. The lowest BCUT2D eigenvalue weighted by Crippen LogP contribution is -2.44. The van der Waals surface area contributed by atoms with Gasteiger partial charge >= 0.3 is 0 Å². The van der Waals surface area contributed by atoms with Gasteiger partial charge in [0.05, 0.1) is 12.2 Å². The fraction of sp³-hybridized carbons (Fsp3) is 0.524. The van der Waals surface area contributed by atoms with Crippen LogP contribution in [0.25, 0.3) is 0 Å². The van der Waals surface area contributed by atoms with Crippen molar-refractivity contribution in [1.82, 2.24) is 15.4 Å². The predicted molar refractivity (Wildman–Crippen MR) is 102 cm³/mol. The van der Waals surface area contributed by atoms with Crippen molar-refractivity contribution < 1.29 is 9.32 Å². The van der Waals surface area contributed by atoms with E-state index in [9.17, 15) is 4.79 Å². The summed E-state index contributed by atoms with van der Waals surface area (Å²) in [6.45, 7) is 3.55. The third kappa shape index (κ3) is 4.73. The zero-order valence-corrected chi connectivity index (χ0v) is 15.8. The summed E-state index contributed by atoms with van der Waals surface area (Å²) in [7, 11) is 1.93. The third-order valence-corrected chi connectivity index (χ3v) is 5.34. The Hall–Kier alpha value is -2.14. The van der Waals surface area contributed by atoms with E-state index in [-0.39, 0.29) is 11.3 Å². The summed E-state index contributed by atoms with van der Waals surface area (Å²) < 4.78 is 5.08. The summed E-state index contributed by atoms with van der Waals surface area (Å²) in [5.74, 6) is 0.855. The fourth-order valence-electron chi connectivity index (χ4n) is 3.98. The molecule has 1 aromatic heterocycles. The summed E-state index contributed by atoms with van der Waals surface area (Å²) in [5.41, 5.74) is 2.29. The predicted octanol–water partition coefficient (Wildman–Crippen LogP) is 3.43. The highest BCUT2D eigenvalue weighted by molar-refractivity contribution is 5.78. The number of rotatable bonds is 7. The van der Waals surface area contributed by atoms with E-state index in [0.717, 1.165) is 24.3 Å². The number of nitrogens with one attached hydrogen (secondary N) is 1. The van der Waals surface area contributed by atoms with Gasteiger partial charge in [-0.2, -0.15) is 0 Å². The maximum Gasteiger partial charge on any atom is 0.234 e. The molecule has 3 rings (SSSR count). The molecule has 1 heterocycles. The van der Waals surface area contributed by atoms with Crippen LogP contribution >= 0.6 is 0 Å². The fourth-order valence-corrected chi connectivity index (χ4v) is 3.98. The van der Waals surface area contributed by atoms with E-state index >= 15 is 0 Å². The molecule has 0 bridgehead atoms. The number of likely N-dealkylation sites (N-methyl/N-ethyl adjacent to an activating group) is 1. The Morgan fingerprint density at radius 1 is 1.23 bits per heavy atom. The van der Waals surface area contributed by atoms with Crippen molar-refractivity contribution in [3.63, 3.8) is 0 Å². The Morgan fingerprint density at radius 2 is 1.96 bits per heavy atom. The zero-order valence-electron chi connectivity index (χ0n) is 15.8. The summed E-state index contributed by atoms with van der Waals surface area (Å²) in [6, 6.07) is 12.6. The maximum atomic E-state index is 12.5. The van der Waals surface area contributed by atoms with Crippen molar-refractivity contribution >= 4 is 5.91 Å². The first-order valence-electron chi connectivity index (χ1n) is 9.50. The maximum absolute atomic E-state index is 12.5. The Balaban J connectivity index is 1.56. The molecule has 26 heavy (non-hydrogen) atoms. The number of aromatic nitrogens is 1. The average molecular weight is 355 g/mol. The van der Waals surface area contributed by atoms with Gasteiger partial charge in [-0.15, -0.1) is 0 Å². The molecule has 1 N–H and O–H groups in total. The molecule has 0 spiro atoms. The van der Waals surface area contributed by atoms with E-state index in [0.29, 0.717) is 19.6 Å². The molecule has 0 aliphatic heterocycles. The van der Waals surface area contributed by atoms with Gasteiger partial charge in [0.15, 0.2) is 0 Å². The molecule has 0 atom stereocenters.